The minimum Gasteiger partial charge on any atom is -0.357 e. The van der Waals surface area contributed by atoms with Crippen LogP contribution in [-0.2, 0) is 4.79 Å². The number of carbonyl (C=O) groups excluding carboxylic acids is 1. The Morgan fingerprint density at radius 2 is 2.22 bits per heavy atom. The SMILES string of the molecule is N[C@H]1CSc2cc(N3CCCC3)ncc2NC1=O. The molecule has 1 amide bonds. The highest BCUT2D eigenvalue weighted by Crippen LogP contribution is 2.33. The van der Waals surface area contributed by atoms with Crippen molar-refractivity contribution in [3.8, 4) is 0 Å². The fraction of sp³-hybridized carbons (Fsp3) is 0.500. The molecule has 1 saturated heterocycles. The first-order chi connectivity index (χ1) is 8.74. The number of pyridine rings is 1. The standard InChI is InChI=1S/C12H16N4OS/c13-8-7-18-10-5-11(16-3-1-2-4-16)14-6-9(10)15-12(8)17/h5-6,8H,1-4,7,13H2,(H,15,17)/t8-/m0/s1. The second-order valence-corrected chi connectivity index (χ2v) is 5.70. The molecule has 0 aromatic carbocycles. The number of amides is 1. The zero-order valence-electron chi connectivity index (χ0n) is 10.1. The van der Waals surface area contributed by atoms with Gasteiger partial charge in [0.15, 0.2) is 0 Å². The molecule has 0 saturated carbocycles. The highest BCUT2D eigenvalue weighted by molar-refractivity contribution is 7.99. The van der Waals surface area contributed by atoms with E-state index in [0.717, 1.165) is 29.5 Å². The summed E-state index contributed by atoms with van der Waals surface area (Å²) in [4.78, 5) is 19.4. The van der Waals surface area contributed by atoms with Crippen LogP contribution in [0.15, 0.2) is 17.2 Å². The van der Waals surface area contributed by atoms with Crippen LogP contribution in [0.25, 0.3) is 0 Å². The molecule has 0 spiro atoms. The van der Waals surface area contributed by atoms with Crippen molar-refractivity contribution in [3.63, 3.8) is 0 Å². The zero-order chi connectivity index (χ0) is 12.5. The molecule has 18 heavy (non-hydrogen) atoms. The van der Waals surface area contributed by atoms with Gasteiger partial charge in [0.2, 0.25) is 5.91 Å². The van der Waals surface area contributed by atoms with Gasteiger partial charge in [-0.3, -0.25) is 4.79 Å². The maximum absolute atomic E-state index is 11.6. The third-order valence-electron chi connectivity index (χ3n) is 3.29. The molecule has 0 unspecified atom stereocenters. The minimum atomic E-state index is -0.447. The molecule has 1 fully saturated rings. The molecule has 3 rings (SSSR count). The quantitative estimate of drug-likeness (QED) is 0.793. The lowest BCUT2D eigenvalue weighted by atomic mass is 10.3. The van der Waals surface area contributed by atoms with Gasteiger partial charge < -0.3 is 16.0 Å². The van der Waals surface area contributed by atoms with E-state index < -0.39 is 6.04 Å². The number of nitrogens with one attached hydrogen (secondary N) is 1. The van der Waals surface area contributed by atoms with E-state index in [0.29, 0.717) is 5.75 Å². The predicted molar refractivity (Wildman–Crippen MR) is 73.0 cm³/mol. The van der Waals surface area contributed by atoms with Gasteiger partial charge in [0.25, 0.3) is 0 Å². The third kappa shape index (κ3) is 2.18. The van der Waals surface area contributed by atoms with Gasteiger partial charge in [-0.05, 0) is 18.9 Å². The molecule has 3 heterocycles. The van der Waals surface area contributed by atoms with Gasteiger partial charge in [-0.15, -0.1) is 11.8 Å². The topological polar surface area (TPSA) is 71.2 Å². The molecule has 0 aliphatic carbocycles. The van der Waals surface area contributed by atoms with E-state index in [1.807, 2.05) is 0 Å². The number of hydrogen-bond donors (Lipinski definition) is 2. The first-order valence-corrected chi connectivity index (χ1v) is 7.17. The highest BCUT2D eigenvalue weighted by Gasteiger charge is 2.22. The Labute approximate surface area is 110 Å². The highest BCUT2D eigenvalue weighted by atomic mass is 32.2. The average molecular weight is 264 g/mol. The number of thioether (sulfide) groups is 1. The summed E-state index contributed by atoms with van der Waals surface area (Å²) in [5, 5.41) is 2.82. The van der Waals surface area contributed by atoms with Crippen molar-refractivity contribution < 1.29 is 4.79 Å². The molecule has 0 radical (unpaired) electrons. The summed E-state index contributed by atoms with van der Waals surface area (Å²) in [6.45, 7) is 2.14. The molecule has 0 bridgehead atoms. The molecule has 6 heteroatoms. The first kappa shape index (κ1) is 11.8. The van der Waals surface area contributed by atoms with Crippen molar-refractivity contribution in [2.75, 3.05) is 29.1 Å². The van der Waals surface area contributed by atoms with Gasteiger partial charge >= 0.3 is 0 Å². The van der Waals surface area contributed by atoms with Crippen molar-refractivity contribution in [2.24, 2.45) is 5.73 Å². The second-order valence-electron chi connectivity index (χ2n) is 4.64. The van der Waals surface area contributed by atoms with Crippen molar-refractivity contribution in [3.05, 3.63) is 12.3 Å². The van der Waals surface area contributed by atoms with E-state index in [9.17, 15) is 4.79 Å². The molecule has 5 nitrogen and oxygen atoms in total. The summed E-state index contributed by atoms with van der Waals surface area (Å²) in [6, 6.07) is 1.61. The number of hydrogen-bond acceptors (Lipinski definition) is 5. The second kappa shape index (κ2) is 4.78. The van der Waals surface area contributed by atoms with Gasteiger partial charge in [0.05, 0.1) is 17.9 Å². The summed E-state index contributed by atoms with van der Waals surface area (Å²) < 4.78 is 0. The molecule has 1 aromatic heterocycles. The van der Waals surface area contributed by atoms with Crippen LogP contribution in [0.3, 0.4) is 0 Å². The van der Waals surface area contributed by atoms with Gasteiger partial charge in [0.1, 0.15) is 5.82 Å². The van der Waals surface area contributed by atoms with E-state index in [4.69, 9.17) is 5.73 Å². The fourth-order valence-electron chi connectivity index (χ4n) is 2.24. The Balaban J connectivity index is 1.89. The molecule has 2 aliphatic heterocycles. The average Bonchev–Trinajstić information content (AvgIpc) is 2.86. The van der Waals surface area contributed by atoms with E-state index in [1.54, 1.807) is 18.0 Å². The maximum Gasteiger partial charge on any atom is 0.242 e. The van der Waals surface area contributed by atoms with Crippen LogP contribution < -0.4 is 16.0 Å². The summed E-state index contributed by atoms with van der Waals surface area (Å²) >= 11 is 1.62. The number of nitrogens with zero attached hydrogens (tertiary/aromatic N) is 2. The van der Waals surface area contributed by atoms with Crippen LogP contribution in [-0.4, -0.2) is 35.8 Å². The van der Waals surface area contributed by atoms with Gasteiger partial charge in [-0.2, -0.15) is 0 Å². The van der Waals surface area contributed by atoms with Crippen molar-refractivity contribution >= 4 is 29.2 Å². The van der Waals surface area contributed by atoms with Gasteiger partial charge in [0, 0.05) is 23.7 Å². The third-order valence-corrected chi connectivity index (χ3v) is 4.47. The predicted octanol–water partition coefficient (Wildman–Crippen LogP) is 1.05. The zero-order valence-corrected chi connectivity index (χ0v) is 10.9. The Morgan fingerprint density at radius 3 is 3.00 bits per heavy atom. The number of anilines is 2. The maximum atomic E-state index is 11.6. The summed E-state index contributed by atoms with van der Waals surface area (Å²) in [7, 11) is 0. The van der Waals surface area contributed by atoms with Crippen LogP contribution in [0, 0.1) is 0 Å². The van der Waals surface area contributed by atoms with E-state index >= 15 is 0 Å². The van der Waals surface area contributed by atoms with Gasteiger partial charge in [-0.1, -0.05) is 0 Å². The molecular formula is C12H16N4OS. The van der Waals surface area contributed by atoms with Crippen LogP contribution in [0.5, 0.6) is 0 Å². The Hall–Kier alpha value is -1.27. The van der Waals surface area contributed by atoms with Crippen molar-refractivity contribution in [1.82, 2.24) is 4.98 Å². The first-order valence-electron chi connectivity index (χ1n) is 6.18. The molecule has 96 valence electrons. The van der Waals surface area contributed by atoms with E-state index in [2.05, 4.69) is 21.3 Å². The number of nitrogens with two attached hydrogens (primary N) is 1. The molecule has 2 aliphatic rings. The van der Waals surface area contributed by atoms with Crippen molar-refractivity contribution in [2.45, 2.75) is 23.8 Å². The Bertz CT molecular complexity index is 473. The summed E-state index contributed by atoms with van der Waals surface area (Å²) in [6.07, 6.45) is 4.20. The number of rotatable bonds is 1. The van der Waals surface area contributed by atoms with Gasteiger partial charge in [-0.25, -0.2) is 4.98 Å². The lowest BCUT2D eigenvalue weighted by Crippen LogP contribution is -2.36. The molecule has 1 atom stereocenters. The molecule has 3 N–H and O–H groups in total. The van der Waals surface area contributed by atoms with E-state index in [1.165, 1.54) is 12.8 Å². The van der Waals surface area contributed by atoms with Crippen LogP contribution in [0.1, 0.15) is 12.8 Å². The Kier molecular flexibility index (Phi) is 3.13. The largest absolute Gasteiger partial charge is 0.357 e. The Morgan fingerprint density at radius 1 is 1.44 bits per heavy atom. The monoisotopic (exact) mass is 264 g/mol. The number of carbonyl (C=O) groups is 1. The number of aromatic nitrogens is 1. The van der Waals surface area contributed by atoms with Crippen LogP contribution >= 0.6 is 11.8 Å². The smallest absolute Gasteiger partial charge is 0.242 e. The molecular weight excluding hydrogens is 248 g/mol. The van der Waals surface area contributed by atoms with E-state index in [-0.39, 0.29) is 5.91 Å². The van der Waals surface area contributed by atoms with Crippen LogP contribution in [0.2, 0.25) is 0 Å². The van der Waals surface area contributed by atoms with Crippen LogP contribution in [0.4, 0.5) is 11.5 Å². The summed E-state index contributed by atoms with van der Waals surface area (Å²) in [5.74, 6) is 1.49. The molecule has 1 aromatic rings. The lowest BCUT2D eigenvalue weighted by molar-refractivity contribution is -0.116. The van der Waals surface area contributed by atoms with Crippen molar-refractivity contribution in [1.29, 1.82) is 0 Å². The minimum absolute atomic E-state index is 0.128. The normalized spacial score (nSPS) is 23.5. The fourth-order valence-corrected chi connectivity index (χ4v) is 3.20. The lowest BCUT2D eigenvalue weighted by Gasteiger charge is -2.17. The summed E-state index contributed by atoms with van der Waals surface area (Å²) in [5.41, 5.74) is 6.53. The number of fused-ring (bicyclic) bond motifs is 1.